The molecule has 5 unspecified atom stereocenters. The minimum atomic E-state index is -0.981. The van der Waals surface area contributed by atoms with Crippen LogP contribution in [-0.2, 0) is 9.59 Å². The largest absolute Gasteiger partial charge is 0.508 e. The average molecular weight is 945 g/mol. The number of carbonyl (C=O) groups excluding carboxylic acids is 4. The number of aromatic nitrogens is 3. The van der Waals surface area contributed by atoms with Gasteiger partial charge >= 0.3 is 6.01 Å². The summed E-state index contributed by atoms with van der Waals surface area (Å²) in [5.74, 6) is 2.75. The second kappa shape index (κ2) is 16.4. The van der Waals surface area contributed by atoms with Crippen molar-refractivity contribution in [1.82, 2.24) is 40.3 Å². The molecule has 3 aromatic carbocycles. The van der Waals surface area contributed by atoms with Gasteiger partial charge in [-0.05, 0) is 91.6 Å². The summed E-state index contributed by atoms with van der Waals surface area (Å²) >= 11 is 0. The topological polar surface area (TPSA) is 177 Å². The van der Waals surface area contributed by atoms with Crippen molar-refractivity contribution in [3.05, 3.63) is 77.2 Å². The lowest BCUT2D eigenvalue weighted by atomic mass is 9.96. The number of hydrogen-bond donors (Lipinski definition) is 3. The molecule has 0 spiro atoms. The van der Waals surface area contributed by atoms with E-state index in [1.54, 1.807) is 30.5 Å². The van der Waals surface area contributed by atoms with E-state index in [0.717, 1.165) is 102 Å². The number of imide groups is 2. The SMILES string of the molecule is C#Cc1cccc2cc(O)cc(-c3ncc4c(N5CC6CCC(C5)N6)nc(OCC5(CN6CC7C(CN8CCN(c9ccc%10c(c9)C(=O)N(C9CCC(=O)NC9=O)C%10=O)CC8)C7C6)CC5)nc4c3F)c12. The van der Waals surface area contributed by atoms with E-state index in [-0.39, 0.29) is 41.2 Å². The standard InChI is InChI=1S/C53H53FN10O6/c1-2-29-4-3-5-30-18-34(65)20-37(44(29)30)46-45(54)47-38(21-55-46)48(63-22-31-6-7-32(23-63)56-31)59-52(58-47)70-28-53(12-13-53)27-61-25-40-39(41(40)26-61)24-60-14-16-62(17-15-60)33-8-9-35-36(19-33)51(69)64(50(35)68)42-10-11-43(66)57-49(42)67/h1,3-5,8-9,18-21,31-32,39-42,56,65H,6-7,10-17,22-28H2,(H,57,66,67). The van der Waals surface area contributed by atoms with Crippen molar-refractivity contribution in [2.75, 3.05) is 81.9 Å². The number of likely N-dealkylation sites (tertiary alicyclic amines) is 1. The van der Waals surface area contributed by atoms with Gasteiger partial charge in [-0.2, -0.15) is 9.97 Å². The van der Waals surface area contributed by atoms with Gasteiger partial charge in [0.15, 0.2) is 5.82 Å². The zero-order valence-corrected chi connectivity index (χ0v) is 38.7. The molecule has 358 valence electrons. The van der Waals surface area contributed by atoms with Crippen molar-refractivity contribution in [2.24, 2.45) is 23.2 Å². The smallest absolute Gasteiger partial charge is 0.319 e. The second-order valence-corrected chi connectivity index (χ2v) is 21.0. The number of hydrogen-bond acceptors (Lipinski definition) is 14. The van der Waals surface area contributed by atoms with Crippen molar-refractivity contribution in [3.8, 4) is 35.4 Å². The molecular weight excluding hydrogens is 892 g/mol. The maximum atomic E-state index is 17.1. The van der Waals surface area contributed by atoms with Crippen molar-refractivity contribution in [1.29, 1.82) is 0 Å². The van der Waals surface area contributed by atoms with Crippen LogP contribution in [0.25, 0.3) is 32.9 Å². The molecule has 4 amide bonds. The minimum Gasteiger partial charge on any atom is -0.508 e. The molecule has 3 N–H and O–H groups in total. The van der Waals surface area contributed by atoms with Crippen LogP contribution in [0.5, 0.6) is 11.8 Å². The Labute approximate surface area is 403 Å². The molecule has 2 bridgehead atoms. The van der Waals surface area contributed by atoms with Gasteiger partial charge in [0.2, 0.25) is 11.8 Å². The quantitative estimate of drug-likeness (QED) is 0.127. The monoisotopic (exact) mass is 944 g/mol. The lowest BCUT2D eigenvalue weighted by molar-refractivity contribution is -0.136. The summed E-state index contributed by atoms with van der Waals surface area (Å²) in [5.41, 5.74) is 2.62. The van der Waals surface area contributed by atoms with Crippen LogP contribution in [0.3, 0.4) is 0 Å². The number of nitrogens with one attached hydrogen (secondary N) is 2. The third-order valence-corrected chi connectivity index (χ3v) is 16.6. The molecule has 2 saturated carbocycles. The first-order chi connectivity index (χ1) is 34.0. The van der Waals surface area contributed by atoms with E-state index in [4.69, 9.17) is 21.1 Å². The number of piperazine rings is 2. The predicted molar refractivity (Wildman–Crippen MR) is 258 cm³/mol. The number of amides is 4. The molecule has 0 radical (unpaired) electrons. The van der Waals surface area contributed by atoms with Gasteiger partial charge in [0.1, 0.15) is 28.8 Å². The van der Waals surface area contributed by atoms with Crippen LogP contribution in [0.2, 0.25) is 0 Å². The molecule has 7 fully saturated rings. The van der Waals surface area contributed by atoms with Crippen LogP contribution < -0.4 is 25.2 Å². The van der Waals surface area contributed by atoms with Gasteiger partial charge in [-0.15, -0.1) is 6.42 Å². The summed E-state index contributed by atoms with van der Waals surface area (Å²) in [5, 5.41) is 18.5. The number of rotatable bonds is 11. The molecule has 2 aromatic heterocycles. The first kappa shape index (κ1) is 43.3. The van der Waals surface area contributed by atoms with E-state index in [1.165, 1.54) is 6.07 Å². The number of phenolic OH excluding ortho intramolecular Hbond substituents is 1. The molecule has 6 aliphatic heterocycles. The molecule has 5 saturated heterocycles. The number of halogens is 1. The van der Waals surface area contributed by atoms with Gasteiger partial charge < -0.3 is 29.9 Å². The Kier molecular flexibility index (Phi) is 10.2. The zero-order chi connectivity index (χ0) is 47.6. The highest BCUT2D eigenvalue weighted by atomic mass is 19.1. The maximum absolute atomic E-state index is 17.1. The number of phenols is 1. The summed E-state index contributed by atoms with van der Waals surface area (Å²) in [6, 6.07) is 13.8. The van der Waals surface area contributed by atoms with Crippen LogP contribution in [0, 0.1) is 41.3 Å². The number of aromatic hydroxyl groups is 1. The van der Waals surface area contributed by atoms with Gasteiger partial charge in [-0.25, -0.2) is 4.39 Å². The Morgan fingerprint density at radius 3 is 2.37 bits per heavy atom. The first-order valence-electron chi connectivity index (χ1n) is 24.8. The molecule has 5 atom stereocenters. The summed E-state index contributed by atoms with van der Waals surface area (Å²) < 4.78 is 23.7. The minimum absolute atomic E-state index is 0.0119. The van der Waals surface area contributed by atoms with Crippen molar-refractivity contribution >= 4 is 56.8 Å². The highest BCUT2D eigenvalue weighted by Gasteiger charge is 2.57. The van der Waals surface area contributed by atoms with E-state index in [1.807, 2.05) is 18.2 Å². The molecule has 8 aliphatic rings. The number of ether oxygens (including phenoxy) is 1. The fourth-order valence-corrected chi connectivity index (χ4v) is 12.7. The molecule has 8 heterocycles. The Morgan fingerprint density at radius 1 is 0.857 bits per heavy atom. The molecular formula is C53H53FN10O6. The fourth-order valence-electron chi connectivity index (χ4n) is 12.7. The number of terminal acetylenes is 1. The van der Waals surface area contributed by atoms with Crippen molar-refractivity contribution in [3.63, 3.8) is 0 Å². The third kappa shape index (κ3) is 7.41. The lowest BCUT2D eigenvalue weighted by Crippen LogP contribution is -2.54. The van der Waals surface area contributed by atoms with Crippen LogP contribution in [0.15, 0.2) is 54.7 Å². The average Bonchev–Trinajstić information content (AvgIpc) is 4.12. The normalized spacial score (nSPS) is 27.0. The van der Waals surface area contributed by atoms with Gasteiger partial charge in [0.25, 0.3) is 11.8 Å². The Balaban J connectivity index is 0.649. The Hall–Kier alpha value is -6.74. The van der Waals surface area contributed by atoms with Gasteiger partial charge in [-0.3, -0.25) is 39.3 Å². The second-order valence-electron chi connectivity index (χ2n) is 21.0. The number of fused-ring (bicyclic) bond motifs is 6. The highest BCUT2D eigenvalue weighted by molar-refractivity contribution is 6.23. The first-order valence-corrected chi connectivity index (χ1v) is 24.8. The molecule has 17 heteroatoms. The third-order valence-electron chi connectivity index (χ3n) is 16.6. The van der Waals surface area contributed by atoms with Crippen molar-refractivity contribution in [2.45, 2.75) is 56.7 Å². The number of pyridine rings is 1. The Bertz CT molecular complexity index is 3090. The summed E-state index contributed by atoms with van der Waals surface area (Å²) in [7, 11) is 0. The van der Waals surface area contributed by atoms with E-state index in [9.17, 15) is 24.3 Å². The summed E-state index contributed by atoms with van der Waals surface area (Å²) in [4.78, 5) is 75.9. The van der Waals surface area contributed by atoms with E-state index >= 15 is 4.39 Å². The van der Waals surface area contributed by atoms with Gasteiger partial charge in [0.05, 0.1) is 23.1 Å². The molecule has 16 nitrogen and oxygen atoms in total. The van der Waals surface area contributed by atoms with Crippen LogP contribution >= 0.6 is 0 Å². The number of carbonyl (C=O) groups is 4. The Morgan fingerprint density at radius 2 is 1.63 bits per heavy atom. The van der Waals surface area contributed by atoms with Crippen LogP contribution in [0.1, 0.15) is 64.8 Å². The predicted octanol–water partition coefficient (Wildman–Crippen LogP) is 4.17. The number of anilines is 2. The lowest BCUT2D eigenvalue weighted by Gasteiger charge is -2.36. The molecule has 13 rings (SSSR count). The van der Waals surface area contributed by atoms with Gasteiger partial charge in [-0.1, -0.05) is 18.1 Å². The molecule has 70 heavy (non-hydrogen) atoms. The number of nitrogens with zero attached hydrogens (tertiary/aromatic N) is 8. The van der Waals surface area contributed by atoms with E-state index < -0.39 is 35.5 Å². The summed E-state index contributed by atoms with van der Waals surface area (Å²) in [6.45, 7) is 9.50. The van der Waals surface area contributed by atoms with Crippen LogP contribution in [-0.4, -0.2) is 149 Å². The molecule has 2 aliphatic carbocycles. The van der Waals surface area contributed by atoms with E-state index in [0.29, 0.717) is 80.7 Å². The number of piperidine rings is 2. The van der Waals surface area contributed by atoms with Gasteiger partial charge in [0, 0.05) is 118 Å². The fraction of sp³-hybridized carbons (Fsp3) is 0.453. The van der Waals surface area contributed by atoms with Crippen LogP contribution in [0.4, 0.5) is 15.9 Å². The number of benzene rings is 3. The zero-order valence-electron chi connectivity index (χ0n) is 38.7. The maximum Gasteiger partial charge on any atom is 0.319 e. The van der Waals surface area contributed by atoms with E-state index in [2.05, 4.69) is 41.1 Å². The summed E-state index contributed by atoms with van der Waals surface area (Å²) in [6.07, 6.45) is 12.0. The van der Waals surface area contributed by atoms with Crippen molar-refractivity contribution < 1.29 is 33.4 Å². The molecule has 5 aromatic rings. The highest BCUT2D eigenvalue weighted by Crippen LogP contribution is 2.55.